The highest BCUT2D eigenvalue weighted by molar-refractivity contribution is 5.81. The van der Waals surface area contributed by atoms with E-state index in [0.717, 1.165) is 163 Å². The number of ether oxygens (including phenoxy) is 8. The lowest BCUT2D eigenvalue weighted by molar-refractivity contribution is -0.126. The molecule has 0 aliphatic heterocycles. The second-order valence-electron chi connectivity index (χ2n) is 33.7. The maximum atomic E-state index is 12.0. The van der Waals surface area contributed by atoms with Gasteiger partial charge in [-0.2, -0.15) is 0 Å². The quantitative estimate of drug-likeness (QED) is 0.0386. The van der Waals surface area contributed by atoms with Crippen molar-refractivity contribution in [1.29, 1.82) is 0 Å². The first kappa shape index (κ1) is 88.0. The van der Waals surface area contributed by atoms with Crippen LogP contribution in [0.5, 0.6) is 0 Å². The summed E-state index contributed by atoms with van der Waals surface area (Å²) in [5, 5.41) is 8.68. The average Bonchev–Trinajstić information content (AvgIpc) is 1.69. The Morgan fingerprint density at radius 2 is 0.636 bits per heavy atom. The molecule has 107 heavy (non-hydrogen) atoms. The molecule has 21 atom stereocenters. The van der Waals surface area contributed by atoms with E-state index in [9.17, 15) is 24.0 Å². The standard InChI is InChI=1S/C18H30O4.C15H25NO3.C14H22O2.C12H19NO2.C12H20O.C11H17NO.C9H14/c1-2-7-20-9-10-21-8-3-4-18(19)14-22-13-17-12-15-5-6-16(17)11-15;1-2-6-18-8-9-19-7-5-16-15(17)14-11-12-3-4-13(14)10-12;1-2-3-4-14(15)10-16-9-13-8-11-5-6-12(13)7-11;1-2-5-13-12(14)15-8-11-7-9-3-4-10(11)6-9;1-2-3-6-13-9-12-8-10-4-5-11(12)7-10;1-2-5-12-11(13)10-7-8-3-4-9(10)6-8;1-2-8-5-7-3-4-9(8)6-7/h5-6,15-17H,2-4,7-14H2,1H3;3-4,12-14H,2,5-11H2,1H3,(H,16,17);5-6,11-13H,2-4,7-10H2,1H3;3-4,9-11H,2,5-8H2,1H3,(H,13,14);4-5,10-12H,2-3,6-9H2,1H3;3-4,8-10H,2,5-7H2,1H3,(H,12,13);3-4,7-9H,2,5-6H2,1H3. The molecule has 0 aromatic carbocycles. The van der Waals surface area contributed by atoms with Crippen LogP contribution in [0.25, 0.3) is 0 Å². The van der Waals surface area contributed by atoms with Crippen molar-refractivity contribution in [3.63, 3.8) is 0 Å². The van der Waals surface area contributed by atoms with Crippen molar-refractivity contribution in [3.8, 4) is 0 Å². The summed E-state index contributed by atoms with van der Waals surface area (Å²) in [7, 11) is 0. The largest absolute Gasteiger partial charge is 0.449 e. The Morgan fingerprint density at radius 1 is 0.290 bits per heavy atom. The molecule has 3 amide bonds. The van der Waals surface area contributed by atoms with Crippen LogP contribution in [0.15, 0.2) is 85.1 Å². The van der Waals surface area contributed by atoms with Crippen LogP contribution >= 0.6 is 0 Å². The minimum Gasteiger partial charge on any atom is -0.449 e. The number of hydrogen-bond acceptors (Lipinski definition) is 13. The fourth-order valence-electron chi connectivity index (χ4n) is 19.0. The molecule has 14 rings (SSSR count). The van der Waals surface area contributed by atoms with Crippen LogP contribution in [-0.2, 0) is 57.1 Å². The molecule has 21 unspecified atom stereocenters. The van der Waals surface area contributed by atoms with Crippen molar-refractivity contribution in [2.45, 2.75) is 215 Å². The van der Waals surface area contributed by atoms with E-state index in [2.05, 4.69) is 143 Å². The first-order valence-electron chi connectivity index (χ1n) is 43.6. The molecule has 0 saturated heterocycles. The zero-order chi connectivity index (χ0) is 75.8. The van der Waals surface area contributed by atoms with Gasteiger partial charge in [0.05, 0.1) is 52.9 Å². The van der Waals surface area contributed by atoms with E-state index < -0.39 is 0 Å². The van der Waals surface area contributed by atoms with Crippen molar-refractivity contribution >= 4 is 29.5 Å². The van der Waals surface area contributed by atoms with Crippen molar-refractivity contribution in [1.82, 2.24) is 16.0 Å². The maximum absolute atomic E-state index is 12.0. The number of hydrogen-bond donors (Lipinski definition) is 3. The first-order valence-corrected chi connectivity index (χ1v) is 43.6. The summed E-state index contributed by atoms with van der Waals surface area (Å²) in [6.45, 7) is 27.0. The van der Waals surface area contributed by atoms with Crippen LogP contribution in [0.3, 0.4) is 0 Å². The van der Waals surface area contributed by atoms with E-state index in [1.807, 2.05) is 6.92 Å². The van der Waals surface area contributed by atoms with E-state index >= 15 is 0 Å². The lowest BCUT2D eigenvalue weighted by Crippen LogP contribution is -2.35. The third-order valence-electron chi connectivity index (χ3n) is 25.0. The Morgan fingerprint density at radius 3 is 0.991 bits per heavy atom. The second-order valence-corrected chi connectivity index (χ2v) is 33.7. The van der Waals surface area contributed by atoms with E-state index in [4.69, 9.17) is 37.9 Å². The number of nitrogens with one attached hydrogen (secondary N) is 3. The molecular weight excluding hydrogens is 1340 g/mol. The molecule has 0 spiro atoms. The Balaban J connectivity index is 0.000000159. The number of alkyl carbamates (subject to hydrolysis) is 1. The van der Waals surface area contributed by atoms with Crippen molar-refractivity contribution in [3.05, 3.63) is 85.1 Å². The van der Waals surface area contributed by atoms with E-state index in [0.29, 0.717) is 132 Å². The van der Waals surface area contributed by atoms with Gasteiger partial charge in [0.15, 0.2) is 11.6 Å². The maximum Gasteiger partial charge on any atom is 0.407 e. The summed E-state index contributed by atoms with van der Waals surface area (Å²) in [5.74, 6) is 15.6. The monoisotopic (exact) mass is 1490 g/mol. The second kappa shape index (κ2) is 50.4. The number of amides is 3. The number of ketones is 2. The van der Waals surface area contributed by atoms with Gasteiger partial charge in [-0.1, -0.05) is 153 Å². The predicted octanol–water partition coefficient (Wildman–Crippen LogP) is 17.4. The van der Waals surface area contributed by atoms with E-state index in [-0.39, 0.29) is 47.9 Å². The van der Waals surface area contributed by atoms with Crippen molar-refractivity contribution < 1.29 is 61.9 Å². The smallest absolute Gasteiger partial charge is 0.407 e. The zero-order valence-corrected chi connectivity index (χ0v) is 67.6. The van der Waals surface area contributed by atoms with Crippen LogP contribution in [0.4, 0.5) is 4.79 Å². The highest BCUT2D eigenvalue weighted by Crippen LogP contribution is 2.49. The fourth-order valence-corrected chi connectivity index (χ4v) is 19.0. The number of Topliss-reactive ketones (excluding diaryl/α,β-unsaturated/α-hetero) is 2. The molecule has 7 fully saturated rings. The molecule has 604 valence electrons. The molecule has 0 radical (unpaired) electrons. The molecule has 3 N–H and O–H groups in total. The number of unbranched alkanes of at least 4 members (excludes halogenated alkanes) is 2. The average molecular weight is 1490 g/mol. The third kappa shape index (κ3) is 31.2. The molecule has 16 heteroatoms. The number of allylic oxidation sites excluding steroid dienone is 14. The van der Waals surface area contributed by atoms with Gasteiger partial charge in [0.1, 0.15) is 13.2 Å². The Labute approximate surface area is 647 Å². The van der Waals surface area contributed by atoms with Gasteiger partial charge < -0.3 is 53.8 Å². The molecule has 7 saturated carbocycles. The highest BCUT2D eigenvalue weighted by atomic mass is 16.6. The minimum atomic E-state index is -0.261. The van der Waals surface area contributed by atoms with Crippen molar-refractivity contribution in [2.75, 3.05) is 119 Å². The summed E-state index contributed by atoms with van der Waals surface area (Å²) in [6.07, 6.45) is 62.1. The molecule has 14 bridgehead atoms. The number of carbonyl (C=O) groups is 5. The van der Waals surface area contributed by atoms with Gasteiger partial charge in [-0.25, -0.2) is 4.79 Å². The van der Waals surface area contributed by atoms with Gasteiger partial charge in [-0.15, -0.1) is 0 Å². The lowest BCUT2D eigenvalue weighted by atomic mass is 9.91. The number of rotatable bonds is 42. The number of carbonyl (C=O) groups excluding carboxylic acids is 5. The summed E-state index contributed by atoms with van der Waals surface area (Å²) in [5.41, 5.74) is 0. The Kier molecular flexibility index (Phi) is 41.5. The molecule has 14 aliphatic rings. The molecule has 0 aromatic heterocycles. The molecule has 14 aliphatic carbocycles. The van der Waals surface area contributed by atoms with Crippen LogP contribution in [0.2, 0.25) is 0 Å². The molecular formula is C91H147N3O13. The molecule has 0 aromatic rings. The Hall–Kier alpha value is -4.55. The highest BCUT2D eigenvalue weighted by Gasteiger charge is 2.43. The van der Waals surface area contributed by atoms with Crippen LogP contribution in [0, 0.1) is 124 Å². The third-order valence-corrected chi connectivity index (χ3v) is 25.0. The van der Waals surface area contributed by atoms with Gasteiger partial charge in [0, 0.05) is 83.3 Å². The summed E-state index contributed by atoms with van der Waals surface area (Å²) in [6, 6.07) is 0. The first-order chi connectivity index (χ1) is 52.3. The number of fused-ring (bicyclic) bond motifs is 14. The topological polar surface area (TPSA) is 195 Å². The summed E-state index contributed by atoms with van der Waals surface area (Å²) >= 11 is 0. The minimum absolute atomic E-state index is 0.185. The van der Waals surface area contributed by atoms with Gasteiger partial charge in [-0.3, -0.25) is 19.2 Å². The van der Waals surface area contributed by atoms with E-state index in [1.165, 1.54) is 96.3 Å². The van der Waals surface area contributed by atoms with Crippen LogP contribution in [0.1, 0.15) is 215 Å². The van der Waals surface area contributed by atoms with Crippen molar-refractivity contribution in [2.24, 2.45) is 124 Å². The van der Waals surface area contributed by atoms with Crippen LogP contribution in [-0.4, -0.2) is 148 Å². The lowest BCUT2D eigenvalue weighted by Gasteiger charge is -2.17. The molecule has 16 nitrogen and oxygen atoms in total. The van der Waals surface area contributed by atoms with E-state index in [1.54, 1.807) is 0 Å². The van der Waals surface area contributed by atoms with Gasteiger partial charge in [0.25, 0.3) is 0 Å². The van der Waals surface area contributed by atoms with Crippen LogP contribution < -0.4 is 16.0 Å². The Bertz CT molecular complexity index is 2780. The summed E-state index contributed by atoms with van der Waals surface area (Å²) in [4.78, 5) is 58.0. The van der Waals surface area contributed by atoms with Gasteiger partial charge in [-0.05, 0) is 241 Å². The SMILES string of the molecule is CCC1CC2C=CC1C2.CCCCC(=O)COCC1CC2C=CC1C2.CCCCOCC1CC2C=CC1C2.CCCNC(=O)C1CC2C=CC1C2.CCCNC(=O)OCC1CC2C=CC1C2.CCCOCCOCCCC(=O)COCC1CC2C=CC1C2.CCCOCCOCCNC(=O)C1CC2C=CC1C2. The normalized spacial score (nSPS) is 32.0. The zero-order valence-electron chi connectivity index (χ0n) is 67.6. The molecule has 0 heterocycles. The summed E-state index contributed by atoms with van der Waals surface area (Å²) < 4.78 is 43.5. The predicted molar refractivity (Wildman–Crippen MR) is 428 cm³/mol. The fraction of sp³-hybridized carbons (Fsp3) is 0.791. The van der Waals surface area contributed by atoms with Gasteiger partial charge >= 0.3 is 6.09 Å². The van der Waals surface area contributed by atoms with Gasteiger partial charge in [0.2, 0.25) is 11.8 Å².